The van der Waals surface area contributed by atoms with Crippen molar-refractivity contribution in [2.75, 3.05) is 33.9 Å². The number of hydrogen-bond acceptors (Lipinski definition) is 8. The fraction of sp³-hybridized carbons (Fsp3) is 0.514. The topological polar surface area (TPSA) is 164 Å². The van der Waals surface area contributed by atoms with Crippen molar-refractivity contribution >= 4 is 29.5 Å². The first-order valence-corrected chi connectivity index (χ1v) is 16.2. The zero-order valence-corrected chi connectivity index (χ0v) is 28.8. The highest BCUT2D eigenvalue weighted by Gasteiger charge is 2.35. The van der Waals surface area contributed by atoms with Gasteiger partial charge in [0.05, 0.1) is 31.7 Å². The lowest BCUT2D eigenvalue weighted by Crippen LogP contribution is -2.57. The van der Waals surface area contributed by atoms with E-state index in [0.717, 1.165) is 0 Å². The van der Waals surface area contributed by atoms with E-state index < -0.39 is 60.1 Å². The van der Waals surface area contributed by atoms with E-state index in [1.807, 2.05) is 27.7 Å². The van der Waals surface area contributed by atoms with Gasteiger partial charge in [-0.05, 0) is 61.6 Å². The predicted octanol–water partition coefficient (Wildman–Crippen LogP) is 2.29. The number of carbonyl (C=O) groups excluding carboxylic acids is 5. The lowest BCUT2D eigenvalue weighted by atomic mass is 9.98. The second kappa shape index (κ2) is 17.9. The minimum atomic E-state index is -1.29. The van der Waals surface area contributed by atoms with Crippen LogP contribution < -0.4 is 35.5 Å². The third-order valence-corrected chi connectivity index (χ3v) is 7.84. The fourth-order valence-electron chi connectivity index (χ4n) is 5.12. The van der Waals surface area contributed by atoms with E-state index in [9.17, 15) is 24.0 Å². The molecule has 13 nitrogen and oxygen atoms in total. The maximum Gasteiger partial charge on any atom is 0.255 e. The first-order valence-electron chi connectivity index (χ1n) is 16.2. The number of carbonyl (C=O) groups is 5. The third-order valence-electron chi connectivity index (χ3n) is 7.84. The molecule has 0 saturated carbocycles. The Morgan fingerprint density at radius 2 is 1.62 bits per heavy atom. The van der Waals surface area contributed by atoms with E-state index in [2.05, 4.69) is 21.3 Å². The molecule has 0 unspecified atom stereocenters. The summed E-state index contributed by atoms with van der Waals surface area (Å²) >= 11 is 0. The minimum absolute atomic E-state index is 0.0228. The smallest absolute Gasteiger partial charge is 0.255 e. The van der Waals surface area contributed by atoms with Crippen LogP contribution in [0.2, 0.25) is 0 Å². The van der Waals surface area contributed by atoms with Gasteiger partial charge in [0.1, 0.15) is 48.6 Å². The lowest BCUT2D eigenvalue weighted by molar-refractivity contribution is -0.142. The van der Waals surface area contributed by atoms with Crippen molar-refractivity contribution in [2.45, 2.75) is 71.6 Å². The number of hydrogen-bond donors (Lipinski definition) is 4. The van der Waals surface area contributed by atoms with E-state index in [-0.39, 0.29) is 42.9 Å². The Bertz CT molecular complexity index is 1410. The number of ether oxygens (including phenoxy) is 3. The number of benzene rings is 2. The van der Waals surface area contributed by atoms with Crippen molar-refractivity contribution in [1.29, 1.82) is 0 Å². The van der Waals surface area contributed by atoms with Crippen LogP contribution in [0.4, 0.5) is 0 Å². The summed E-state index contributed by atoms with van der Waals surface area (Å²) < 4.78 is 16.8. The van der Waals surface area contributed by atoms with E-state index in [0.29, 0.717) is 17.9 Å². The number of fused-ring (bicyclic) bond motifs is 1. The molecule has 5 amide bonds. The predicted molar refractivity (Wildman–Crippen MR) is 180 cm³/mol. The van der Waals surface area contributed by atoms with Crippen LogP contribution in [0.25, 0.3) is 0 Å². The summed E-state index contributed by atoms with van der Waals surface area (Å²) in [4.78, 5) is 69.0. The number of nitrogens with zero attached hydrogens (tertiary/aromatic N) is 1. The van der Waals surface area contributed by atoms with Crippen LogP contribution in [0.5, 0.6) is 17.2 Å². The van der Waals surface area contributed by atoms with Crippen LogP contribution in [0.1, 0.15) is 57.8 Å². The maximum atomic E-state index is 13.7. The summed E-state index contributed by atoms with van der Waals surface area (Å²) in [6.45, 7) is 9.48. The number of likely N-dealkylation sites (N-methyl/N-ethyl adjacent to an activating group) is 1. The standard InChI is InChI=1S/C35H49N5O8/c1-21(2)18-28-34(44)39-31(22(3)4)35(45)37-23(5)20-48-29-11-9-8-10-26(29)32(42)38-27(19-30(41)40(28)6)33(43)36-16-17-47-25-14-12-24(46-7)13-15-25/h8-15,21-23,27-28,31H,16-20H2,1-7H3,(H,36,43)(H,37,45)(H,38,42)(H,39,44)/t23-,27-,28-,31+/m0/s1. The molecule has 262 valence electrons. The molecule has 0 radical (unpaired) electrons. The van der Waals surface area contributed by atoms with Crippen molar-refractivity contribution in [3.63, 3.8) is 0 Å². The molecule has 1 aliphatic heterocycles. The van der Waals surface area contributed by atoms with Crippen molar-refractivity contribution < 1.29 is 38.2 Å². The van der Waals surface area contributed by atoms with Gasteiger partial charge < -0.3 is 40.4 Å². The molecule has 1 aliphatic rings. The average Bonchev–Trinajstić information content (AvgIpc) is 3.05. The summed E-state index contributed by atoms with van der Waals surface area (Å²) in [6.07, 6.45) is -0.118. The van der Waals surface area contributed by atoms with Gasteiger partial charge in [-0.2, -0.15) is 0 Å². The first-order chi connectivity index (χ1) is 22.8. The van der Waals surface area contributed by atoms with Crippen LogP contribution in [0.15, 0.2) is 48.5 Å². The molecule has 2 aromatic rings. The fourth-order valence-corrected chi connectivity index (χ4v) is 5.12. The van der Waals surface area contributed by atoms with Gasteiger partial charge in [0.2, 0.25) is 23.6 Å². The molecule has 13 heteroatoms. The number of nitrogens with one attached hydrogen (secondary N) is 4. The summed E-state index contributed by atoms with van der Waals surface area (Å²) in [5.41, 5.74) is 0.149. The molecule has 0 fully saturated rings. The zero-order valence-electron chi connectivity index (χ0n) is 28.8. The molecule has 4 atom stereocenters. The summed E-state index contributed by atoms with van der Waals surface area (Å²) in [7, 11) is 3.05. The largest absolute Gasteiger partial charge is 0.497 e. The van der Waals surface area contributed by atoms with E-state index in [4.69, 9.17) is 14.2 Å². The SMILES string of the molecule is COc1ccc(OCCNC(=O)[C@@H]2CC(=O)N(C)[C@@H](CC(C)C)C(=O)N[C@H](C(C)C)C(=O)N[C@@H](C)COc3ccccc3C(=O)N2)cc1. The molecule has 48 heavy (non-hydrogen) atoms. The van der Waals surface area contributed by atoms with Crippen molar-refractivity contribution in [1.82, 2.24) is 26.2 Å². The van der Waals surface area contributed by atoms with Gasteiger partial charge in [-0.25, -0.2) is 0 Å². The Balaban J connectivity index is 1.89. The highest BCUT2D eigenvalue weighted by Crippen LogP contribution is 2.20. The molecule has 0 aliphatic carbocycles. The van der Waals surface area contributed by atoms with Crippen LogP contribution in [-0.4, -0.2) is 92.5 Å². The van der Waals surface area contributed by atoms with E-state index in [1.54, 1.807) is 62.6 Å². The second-order valence-corrected chi connectivity index (χ2v) is 12.6. The van der Waals surface area contributed by atoms with Gasteiger partial charge in [-0.15, -0.1) is 0 Å². The molecule has 0 bridgehead atoms. The minimum Gasteiger partial charge on any atom is -0.497 e. The maximum absolute atomic E-state index is 13.7. The Labute approximate surface area is 282 Å². The normalized spacial score (nSPS) is 21.3. The Morgan fingerprint density at radius 1 is 0.958 bits per heavy atom. The Hall–Kier alpha value is -4.81. The molecule has 0 saturated heterocycles. The van der Waals surface area contributed by atoms with Crippen LogP contribution in [0, 0.1) is 11.8 Å². The Kier molecular flexibility index (Phi) is 14.1. The van der Waals surface area contributed by atoms with Gasteiger partial charge >= 0.3 is 0 Å². The monoisotopic (exact) mass is 667 g/mol. The van der Waals surface area contributed by atoms with Gasteiger partial charge in [0.25, 0.3) is 5.91 Å². The number of para-hydroxylation sites is 1. The molecule has 2 aromatic carbocycles. The molecule has 1 heterocycles. The second-order valence-electron chi connectivity index (χ2n) is 12.6. The van der Waals surface area contributed by atoms with Gasteiger partial charge in [-0.1, -0.05) is 39.8 Å². The van der Waals surface area contributed by atoms with E-state index in [1.165, 1.54) is 11.9 Å². The summed E-state index contributed by atoms with van der Waals surface area (Å²) in [6, 6.07) is 9.91. The number of rotatable bonds is 9. The summed E-state index contributed by atoms with van der Waals surface area (Å²) in [5.74, 6) is -1.40. The molecule has 4 N–H and O–H groups in total. The number of methoxy groups -OCH3 is 1. The van der Waals surface area contributed by atoms with Crippen LogP contribution >= 0.6 is 0 Å². The highest BCUT2D eigenvalue weighted by molar-refractivity contribution is 6.01. The lowest BCUT2D eigenvalue weighted by Gasteiger charge is -2.32. The van der Waals surface area contributed by atoms with Gasteiger partial charge in [0.15, 0.2) is 0 Å². The molecule has 0 spiro atoms. The van der Waals surface area contributed by atoms with Crippen LogP contribution in [-0.2, 0) is 19.2 Å². The molecular weight excluding hydrogens is 618 g/mol. The highest BCUT2D eigenvalue weighted by atomic mass is 16.5. The average molecular weight is 668 g/mol. The quantitative estimate of drug-likeness (QED) is 0.296. The number of amides is 5. The van der Waals surface area contributed by atoms with Gasteiger partial charge in [0, 0.05) is 7.05 Å². The first kappa shape index (κ1) is 37.6. The molecule has 0 aromatic heterocycles. The zero-order chi connectivity index (χ0) is 35.4. The van der Waals surface area contributed by atoms with Crippen LogP contribution in [0.3, 0.4) is 0 Å². The molecular formula is C35H49N5O8. The van der Waals surface area contributed by atoms with Crippen molar-refractivity contribution in [2.24, 2.45) is 11.8 Å². The molecule has 3 rings (SSSR count). The van der Waals surface area contributed by atoms with Crippen molar-refractivity contribution in [3.8, 4) is 17.2 Å². The van der Waals surface area contributed by atoms with Gasteiger partial charge in [-0.3, -0.25) is 24.0 Å². The van der Waals surface area contributed by atoms with Crippen molar-refractivity contribution in [3.05, 3.63) is 54.1 Å². The summed E-state index contributed by atoms with van der Waals surface area (Å²) in [5, 5.41) is 11.1. The Morgan fingerprint density at radius 3 is 2.27 bits per heavy atom. The third kappa shape index (κ3) is 10.9. The van der Waals surface area contributed by atoms with E-state index >= 15 is 0 Å².